The van der Waals surface area contributed by atoms with Crippen LogP contribution in [0.1, 0.15) is 24.4 Å². The van der Waals surface area contributed by atoms with Gasteiger partial charge < -0.3 is 14.0 Å². The minimum atomic E-state index is 0.447. The van der Waals surface area contributed by atoms with Crippen molar-refractivity contribution in [3.05, 3.63) is 54.6 Å². The van der Waals surface area contributed by atoms with Gasteiger partial charge >= 0.3 is 0 Å². The summed E-state index contributed by atoms with van der Waals surface area (Å²) in [5.41, 5.74) is 2.18. The summed E-state index contributed by atoms with van der Waals surface area (Å²) in [4.78, 5) is 4.61. The molecule has 0 spiro atoms. The van der Waals surface area contributed by atoms with Crippen molar-refractivity contribution in [2.24, 2.45) is 0 Å². The second-order valence-electron chi connectivity index (χ2n) is 6.23. The predicted molar refractivity (Wildman–Crippen MR) is 94.6 cm³/mol. The van der Waals surface area contributed by atoms with Gasteiger partial charge in [-0.1, -0.05) is 0 Å². The van der Waals surface area contributed by atoms with Crippen LogP contribution in [0, 0.1) is 0 Å². The molecule has 6 nitrogen and oxygen atoms in total. The van der Waals surface area contributed by atoms with Gasteiger partial charge in [-0.3, -0.25) is 4.68 Å². The van der Waals surface area contributed by atoms with Crippen LogP contribution >= 0.6 is 0 Å². The van der Waals surface area contributed by atoms with E-state index < -0.39 is 0 Å². The number of imidazole rings is 1. The third-order valence-electron chi connectivity index (χ3n) is 4.68. The minimum absolute atomic E-state index is 0.447. The van der Waals surface area contributed by atoms with E-state index in [1.54, 1.807) is 13.3 Å². The van der Waals surface area contributed by atoms with E-state index in [0.717, 1.165) is 48.8 Å². The van der Waals surface area contributed by atoms with E-state index in [1.165, 1.54) is 0 Å². The van der Waals surface area contributed by atoms with Crippen LogP contribution in [0.15, 0.2) is 49.1 Å². The summed E-state index contributed by atoms with van der Waals surface area (Å²) in [5, 5.41) is 4.30. The summed E-state index contributed by atoms with van der Waals surface area (Å²) >= 11 is 0. The summed E-state index contributed by atoms with van der Waals surface area (Å²) in [6.45, 7) is 2.30. The van der Waals surface area contributed by atoms with Gasteiger partial charge in [0.1, 0.15) is 11.6 Å². The second-order valence-corrected chi connectivity index (χ2v) is 6.23. The molecule has 3 aromatic rings. The lowest BCUT2D eigenvalue weighted by atomic mass is 10.1. The molecule has 1 saturated heterocycles. The van der Waals surface area contributed by atoms with E-state index in [2.05, 4.69) is 33.0 Å². The van der Waals surface area contributed by atoms with Crippen LogP contribution in [0.4, 0.5) is 0 Å². The first kappa shape index (κ1) is 15.9. The van der Waals surface area contributed by atoms with Crippen molar-refractivity contribution >= 4 is 0 Å². The number of hydrogen-bond donors (Lipinski definition) is 0. The van der Waals surface area contributed by atoms with Crippen molar-refractivity contribution in [1.82, 2.24) is 19.3 Å². The van der Waals surface area contributed by atoms with E-state index in [-0.39, 0.29) is 0 Å². The number of ether oxygens (including phenoxy) is 2. The fourth-order valence-corrected chi connectivity index (χ4v) is 3.40. The first-order valence-corrected chi connectivity index (χ1v) is 8.60. The van der Waals surface area contributed by atoms with Gasteiger partial charge in [0, 0.05) is 55.2 Å². The Labute approximate surface area is 147 Å². The molecule has 130 valence electrons. The zero-order chi connectivity index (χ0) is 17.1. The monoisotopic (exact) mass is 338 g/mol. The Morgan fingerprint density at radius 3 is 2.84 bits per heavy atom. The van der Waals surface area contributed by atoms with Crippen molar-refractivity contribution < 1.29 is 9.47 Å². The number of aromatic nitrogens is 4. The van der Waals surface area contributed by atoms with E-state index in [0.29, 0.717) is 12.6 Å². The zero-order valence-electron chi connectivity index (χ0n) is 14.3. The number of nitrogens with zero attached hydrogens (tertiary/aromatic N) is 4. The minimum Gasteiger partial charge on any atom is -0.496 e. The molecular weight excluding hydrogens is 316 g/mol. The Morgan fingerprint density at radius 1 is 1.20 bits per heavy atom. The maximum Gasteiger partial charge on any atom is 0.140 e. The van der Waals surface area contributed by atoms with Crippen LogP contribution in [-0.2, 0) is 11.3 Å². The Bertz CT molecular complexity index is 820. The molecular formula is C19H22N4O2. The lowest BCUT2D eigenvalue weighted by molar-refractivity contribution is 0.0700. The average Bonchev–Trinajstić information content (AvgIpc) is 3.34. The molecule has 0 saturated carbocycles. The quantitative estimate of drug-likeness (QED) is 0.717. The second kappa shape index (κ2) is 7.11. The topological polar surface area (TPSA) is 54.1 Å². The molecule has 3 heterocycles. The average molecular weight is 338 g/mol. The van der Waals surface area contributed by atoms with Crippen molar-refractivity contribution in [3.63, 3.8) is 0 Å². The summed E-state index contributed by atoms with van der Waals surface area (Å²) in [6.07, 6.45) is 9.74. The largest absolute Gasteiger partial charge is 0.496 e. The normalized spacial score (nSPS) is 15.4. The van der Waals surface area contributed by atoms with Gasteiger partial charge in [-0.2, -0.15) is 5.10 Å². The van der Waals surface area contributed by atoms with E-state index in [4.69, 9.17) is 9.47 Å². The van der Waals surface area contributed by atoms with Gasteiger partial charge in [0.15, 0.2) is 0 Å². The molecule has 1 aromatic carbocycles. The summed E-state index contributed by atoms with van der Waals surface area (Å²) in [7, 11) is 1.70. The van der Waals surface area contributed by atoms with Crippen LogP contribution in [0.25, 0.3) is 11.4 Å². The fraction of sp³-hybridized carbons (Fsp3) is 0.368. The zero-order valence-corrected chi connectivity index (χ0v) is 14.3. The summed E-state index contributed by atoms with van der Waals surface area (Å²) in [5.74, 6) is 1.86. The van der Waals surface area contributed by atoms with Gasteiger partial charge in [0.2, 0.25) is 0 Å². The molecule has 1 aliphatic rings. The molecule has 6 heteroatoms. The highest BCUT2D eigenvalue weighted by Gasteiger charge is 2.19. The predicted octanol–water partition coefficient (Wildman–Crippen LogP) is 3.16. The molecule has 0 bridgehead atoms. The van der Waals surface area contributed by atoms with Gasteiger partial charge in [-0.15, -0.1) is 0 Å². The first-order chi connectivity index (χ1) is 12.3. The molecule has 1 fully saturated rings. The van der Waals surface area contributed by atoms with Gasteiger partial charge in [0.25, 0.3) is 0 Å². The van der Waals surface area contributed by atoms with Crippen LogP contribution in [0.3, 0.4) is 0 Å². The van der Waals surface area contributed by atoms with Gasteiger partial charge in [-0.05, 0) is 37.1 Å². The number of benzene rings is 1. The number of rotatable bonds is 5. The molecule has 0 atom stereocenters. The van der Waals surface area contributed by atoms with Crippen molar-refractivity contribution in [3.8, 4) is 17.1 Å². The van der Waals surface area contributed by atoms with Crippen molar-refractivity contribution in [2.45, 2.75) is 25.4 Å². The molecule has 0 N–H and O–H groups in total. The van der Waals surface area contributed by atoms with Gasteiger partial charge in [0.05, 0.1) is 13.7 Å². The molecule has 1 aliphatic heterocycles. The lowest BCUT2D eigenvalue weighted by Crippen LogP contribution is -2.19. The van der Waals surface area contributed by atoms with Crippen LogP contribution in [0.5, 0.6) is 5.75 Å². The Kier molecular flexibility index (Phi) is 4.52. The SMILES string of the molecule is COc1ccc(-c2nccn2C2CCOCC2)cc1Cn1cccn1. The van der Waals surface area contributed by atoms with Crippen LogP contribution in [-0.4, -0.2) is 39.7 Å². The Balaban J connectivity index is 1.68. The molecule has 0 amide bonds. The highest BCUT2D eigenvalue weighted by molar-refractivity contribution is 5.59. The molecule has 4 rings (SSSR count). The third kappa shape index (κ3) is 3.30. The van der Waals surface area contributed by atoms with Crippen LogP contribution < -0.4 is 4.74 Å². The summed E-state index contributed by atoms with van der Waals surface area (Å²) in [6, 6.07) is 8.61. The molecule has 0 radical (unpaired) electrons. The fourth-order valence-electron chi connectivity index (χ4n) is 3.40. The lowest BCUT2D eigenvalue weighted by Gasteiger charge is -2.25. The maximum absolute atomic E-state index is 5.53. The Morgan fingerprint density at radius 2 is 2.08 bits per heavy atom. The number of methoxy groups -OCH3 is 1. The molecule has 2 aromatic heterocycles. The number of hydrogen-bond acceptors (Lipinski definition) is 4. The molecule has 0 aliphatic carbocycles. The Hall–Kier alpha value is -2.60. The van der Waals surface area contributed by atoms with Crippen molar-refractivity contribution in [1.29, 1.82) is 0 Å². The van der Waals surface area contributed by atoms with E-state index >= 15 is 0 Å². The molecule has 25 heavy (non-hydrogen) atoms. The van der Waals surface area contributed by atoms with E-state index in [9.17, 15) is 0 Å². The standard InChI is InChI=1S/C19H22N4O2/c1-24-18-4-3-15(13-16(18)14-22-9-2-7-21-22)19-20-8-10-23(19)17-5-11-25-12-6-17/h2-4,7-10,13,17H,5-6,11-12,14H2,1H3. The molecule has 0 unspecified atom stereocenters. The summed E-state index contributed by atoms with van der Waals surface area (Å²) < 4.78 is 15.2. The third-order valence-corrected chi connectivity index (χ3v) is 4.68. The smallest absolute Gasteiger partial charge is 0.140 e. The van der Waals surface area contributed by atoms with E-state index in [1.807, 2.05) is 29.2 Å². The maximum atomic E-state index is 5.53. The van der Waals surface area contributed by atoms with Crippen molar-refractivity contribution in [2.75, 3.05) is 20.3 Å². The van der Waals surface area contributed by atoms with Crippen LogP contribution in [0.2, 0.25) is 0 Å². The highest BCUT2D eigenvalue weighted by Crippen LogP contribution is 2.30. The highest BCUT2D eigenvalue weighted by atomic mass is 16.5. The first-order valence-electron chi connectivity index (χ1n) is 8.60. The van der Waals surface area contributed by atoms with Gasteiger partial charge in [-0.25, -0.2) is 4.98 Å².